The van der Waals surface area contributed by atoms with Gasteiger partial charge in [0.1, 0.15) is 23.0 Å². The zero-order chi connectivity index (χ0) is 29.1. The summed E-state index contributed by atoms with van der Waals surface area (Å²) >= 11 is 0. The van der Waals surface area contributed by atoms with Gasteiger partial charge in [-0.2, -0.15) is 9.97 Å². The van der Waals surface area contributed by atoms with E-state index in [1.807, 2.05) is 38.4 Å². The van der Waals surface area contributed by atoms with Crippen LogP contribution in [0, 0.1) is 6.92 Å². The van der Waals surface area contributed by atoms with Crippen molar-refractivity contribution in [1.82, 2.24) is 30.6 Å². The zero-order valence-electron chi connectivity index (χ0n) is 23.7. The number of nitrogens with zero attached hydrogens (tertiary/aromatic N) is 3. The number of carbonyl (C=O) groups is 1. The molecule has 3 aromatic heterocycles. The van der Waals surface area contributed by atoms with Crippen molar-refractivity contribution in [2.24, 2.45) is 0 Å². The van der Waals surface area contributed by atoms with Gasteiger partial charge in [0.05, 0.1) is 31.4 Å². The second-order valence-corrected chi connectivity index (χ2v) is 10.0. The summed E-state index contributed by atoms with van der Waals surface area (Å²) in [6, 6.07) is 11.1. The molecular weight excluding hydrogens is 538 g/mol. The fourth-order valence-corrected chi connectivity index (χ4v) is 4.99. The third-order valence-electron chi connectivity index (χ3n) is 7.12. The lowest BCUT2D eigenvalue weighted by Crippen LogP contribution is -2.30. The van der Waals surface area contributed by atoms with Crippen LogP contribution in [0.25, 0.3) is 33.3 Å². The quantitative estimate of drug-likeness (QED) is 0.178. The molecule has 0 aliphatic carbocycles. The summed E-state index contributed by atoms with van der Waals surface area (Å²) < 4.78 is 23.4. The van der Waals surface area contributed by atoms with Gasteiger partial charge in [0.25, 0.3) is 5.91 Å². The Morgan fingerprint density at radius 3 is 2.76 bits per heavy atom. The molecule has 4 heterocycles. The average Bonchev–Trinajstić information content (AvgIpc) is 3.60. The van der Waals surface area contributed by atoms with Crippen molar-refractivity contribution in [2.45, 2.75) is 25.9 Å². The summed E-state index contributed by atoms with van der Waals surface area (Å²) in [6.45, 7) is 4.30. The maximum absolute atomic E-state index is 12.6. The van der Waals surface area contributed by atoms with E-state index < -0.39 is 0 Å². The molecule has 1 aliphatic rings. The Bertz CT molecular complexity index is 1720. The van der Waals surface area contributed by atoms with Crippen LogP contribution in [0.4, 0.5) is 11.6 Å². The highest BCUT2D eigenvalue weighted by Crippen LogP contribution is 2.37. The summed E-state index contributed by atoms with van der Waals surface area (Å²) in [5.41, 5.74) is 5.03. The number of hydrogen-bond donors (Lipinski definition) is 4. The molecule has 218 valence electrons. The van der Waals surface area contributed by atoms with Crippen LogP contribution in [-0.4, -0.2) is 72.4 Å². The first-order chi connectivity index (χ1) is 20.5. The number of aromatic nitrogens is 4. The molecule has 0 bridgehead atoms. The van der Waals surface area contributed by atoms with Gasteiger partial charge in [-0.3, -0.25) is 4.79 Å². The van der Waals surface area contributed by atoms with Crippen molar-refractivity contribution in [2.75, 3.05) is 45.8 Å². The van der Waals surface area contributed by atoms with E-state index in [9.17, 15) is 4.79 Å². The van der Waals surface area contributed by atoms with Gasteiger partial charge in [-0.15, -0.1) is 0 Å². The lowest BCUT2D eigenvalue weighted by Gasteiger charge is -2.23. The molecule has 1 saturated heterocycles. The van der Waals surface area contributed by atoms with E-state index in [4.69, 9.17) is 28.6 Å². The van der Waals surface area contributed by atoms with Crippen LogP contribution in [-0.2, 0) is 4.74 Å². The van der Waals surface area contributed by atoms with Gasteiger partial charge < -0.3 is 39.6 Å². The molecule has 0 unspecified atom stereocenters. The molecule has 1 amide bonds. The molecule has 2 aromatic carbocycles. The second kappa shape index (κ2) is 12.0. The number of H-pyrrole nitrogens is 1. The first-order valence-corrected chi connectivity index (χ1v) is 13.9. The number of fused-ring (bicyclic) bond motifs is 2. The average molecular weight is 572 g/mol. The Kier molecular flexibility index (Phi) is 7.89. The van der Waals surface area contributed by atoms with Crippen molar-refractivity contribution >= 4 is 39.7 Å². The number of methoxy groups -OCH3 is 1. The topological polar surface area (TPSA) is 148 Å². The maximum atomic E-state index is 12.6. The third-order valence-corrected chi connectivity index (χ3v) is 7.12. The lowest BCUT2D eigenvalue weighted by atomic mass is 10.1. The first kappa shape index (κ1) is 27.5. The number of aromatic amines is 1. The molecule has 0 saturated carbocycles. The lowest BCUT2D eigenvalue weighted by molar-refractivity contribution is 0.0244. The smallest absolute Gasteiger partial charge is 0.251 e. The molecule has 12 heteroatoms. The Morgan fingerprint density at radius 1 is 1.10 bits per heavy atom. The van der Waals surface area contributed by atoms with Crippen molar-refractivity contribution in [3.8, 4) is 22.8 Å². The molecule has 0 atom stereocenters. The fourth-order valence-electron chi connectivity index (χ4n) is 4.99. The van der Waals surface area contributed by atoms with Gasteiger partial charge in [0.15, 0.2) is 11.5 Å². The molecule has 0 spiro atoms. The number of benzene rings is 2. The predicted octanol–water partition coefficient (Wildman–Crippen LogP) is 4.33. The third kappa shape index (κ3) is 5.71. The van der Waals surface area contributed by atoms with Crippen molar-refractivity contribution in [3.05, 3.63) is 54.0 Å². The highest BCUT2D eigenvalue weighted by atomic mass is 16.5. The number of nitrogens with one attached hydrogen (secondary N) is 4. The minimum absolute atomic E-state index is 0.0397. The number of anilines is 2. The highest BCUT2D eigenvalue weighted by molar-refractivity contribution is 5.99. The molecule has 5 aromatic rings. The number of oxazole rings is 1. The van der Waals surface area contributed by atoms with Crippen LogP contribution in [0.2, 0.25) is 0 Å². The van der Waals surface area contributed by atoms with Crippen LogP contribution in [0.5, 0.6) is 11.6 Å². The largest absolute Gasteiger partial charge is 0.495 e. The number of aryl methyl sites for hydroxylation is 1. The van der Waals surface area contributed by atoms with Crippen LogP contribution in [0.3, 0.4) is 0 Å². The molecule has 12 nitrogen and oxygen atoms in total. The number of amides is 1. The minimum atomic E-state index is -0.183. The van der Waals surface area contributed by atoms with Crippen LogP contribution < -0.4 is 25.4 Å². The van der Waals surface area contributed by atoms with E-state index in [2.05, 4.69) is 25.9 Å². The van der Waals surface area contributed by atoms with Crippen LogP contribution in [0.15, 0.2) is 47.0 Å². The number of rotatable bonds is 10. The monoisotopic (exact) mass is 571 g/mol. The minimum Gasteiger partial charge on any atom is -0.495 e. The van der Waals surface area contributed by atoms with Gasteiger partial charge in [-0.1, -0.05) is 6.07 Å². The van der Waals surface area contributed by atoms with Gasteiger partial charge in [-0.05, 0) is 42.9 Å². The van der Waals surface area contributed by atoms with E-state index >= 15 is 0 Å². The van der Waals surface area contributed by atoms with Crippen molar-refractivity contribution < 1.29 is 23.4 Å². The molecule has 6 rings (SSSR count). The molecule has 4 N–H and O–H groups in total. The zero-order valence-corrected chi connectivity index (χ0v) is 23.7. The van der Waals surface area contributed by atoms with Crippen LogP contribution in [0.1, 0.15) is 29.1 Å². The first-order valence-electron chi connectivity index (χ1n) is 13.9. The Morgan fingerprint density at radius 2 is 1.95 bits per heavy atom. The normalized spacial score (nSPS) is 13.9. The van der Waals surface area contributed by atoms with Gasteiger partial charge in [0.2, 0.25) is 11.8 Å². The Hall–Kier alpha value is -4.68. The molecule has 0 radical (unpaired) electrons. The van der Waals surface area contributed by atoms with Crippen molar-refractivity contribution in [3.63, 3.8) is 0 Å². The predicted molar refractivity (Wildman–Crippen MR) is 159 cm³/mol. The standard InChI is InChI=1S/C30H33N7O5/c1-17-34-23-6-4-18(14-25(23)41-17)21-16-33-27-26(21)29(42-20-8-12-40-13-9-20)37-30(36-27)35-22-7-5-19(15-24(22)39-3)28(38)32-11-10-31-2/h4-7,14-16,20,31H,8-13H2,1-3H3,(H,32,38)(H2,33,35,36,37). The number of carbonyl (C=O) groups excluding carboxylic acids is 1. The van der Waals surface area contributed by atoms with Gasteiger partial charge >= 0.3 is 0 Å². The Balaban J connectivity index is 1.35. The summed E-state index contributed by atoms with van der Waals surface area (Å²) in [4.78, 5) is 29.8. The van der Waals surface area contributed by atoms with E-state index in [1.165, 1.54) is 0 Å². The Labute approximate surface area is 242 Å². The van der Waals surface area contributed by atoms with Gasteiger partial charge in [-0.25, -0.2) is 4.98 Å². The summed E-state index contributed by atoms with van der Waals surface area (Å²) in [6.07, 6.45) is 3.39. The summed E-state index contributed by atoms with van der Waals surface area (Å²) in [7, 11) is 3.39. The molecule has 1 fully saturated rings. The molecule has 1 aliphatic heterocycles. The second-order valence-electron chi connectivity index (χ2n) is 10.0. The van der Waals surface area contributed by atoms with Gasteiger partial charge in [0, 0.05) is 50.2 Å². The summed E-state index contributed by atoms with van der Waals surface area (Å²) in [5, 5.41) is 9.90. The number of ether oxygens (including phenoxy) is 3. The summed E-state index contributed by atoms with van der Waals surface area (Å²) in [5.74, 6) is 1.69. The highest BCUT2D eigenvalue weighted by Gasteiger charge is 2.23. The van der Waals surface area contributed by atoms with Crippen LogP contribution >= 0.6 is 0 Å². The maximum Gasteiger partial charge on any atom is 0.251 e. The molecule has 42 heavy (non-hydrogen) atoms. The van der Waals surface area contributed by atoms with E-state index in [-0.39, 0.29) is 12.0 Å². The van der Waals surface area contributed by atoms with Crippen molar-refractivity contribution in [1.29, 1.82) is 0 Å². The van der Waals surface area contributed by atoms with E-state index in [0.717, 1.165) is 34.9 Å². The molecular formula is C30H33N7O5. The van der Waals surface area contributed by atoms with E-state index in [0.29, 0.717) is 72.3 Å². The fraction of sp³-hybridized carbons (Fsp3) is 0.333. The number of likely N-dealkylation sites (N-methyl/N-ethyl adjacent to an activating group) is 1. The SMILES string of the molecule is CNCCNC(=O)c1ccc(Nc2nc(OC3CCOCC3)c3c(-c4ccc5nc(C)oc5c4)c[nH]c3n2)c(OC)c1. The number of hydrogen-bond acceptors (Lipinski definition) is 10. The van der Waals surface area contributed by atoms with E-state index in [1.54, 1.807) is 25.3 Å².